The Morgan fingerprint density at radius 2 is 2.19 bits per heavy atom. The molecule has 2 atom stereocenters. The van der Waals surface area contributed by atoms with Crippen LogP contribution in [0.25, 0.3) is 0 Å². The summed E-state index contributed by atoms with van der Waals surface area (Å²) in [6.45, 7) is 2.67. The maximum atomic E-state index is 11.6. The molecule has 0 aromatic heterocycles. The van der Waals surface area contributed by atoms with Crippen LogP contribution in [0.4, 0.5) is 0 Å². The Kier molecular flexibility index (Phi) is 5.90. The van der Waals surface area contributed by atoms with E-state index < -0.39 is 9.84 Å². The number of hydrogen-bond acceptors (Lipinski definition) is 4. The van der Waals surface area contributed by atoms with E-state index >= 15 is 0 Å². The summed E-state index contributed by atoms with van der Waals surface area (Å²) >= 11 is 6.09. The number of hydrogen-bond donors (Lipinski definition) is 1. The van der Waals surface area contributed by atoms with Crippen molar-refractivity contribution in [1.29, 1.82) is 0 Å². The van der Waals surface area contributed by atoms with Gasteiger partial charge in [0.1, 0.15) is 11.9 Å². The monoisotopic (exact) mass is 331 g/mol. The molecule has 4 nitrogen and oxygen atoms in total. The summed E-state index contributed by atoms with van der Waals surface area (Å²) in [5, 5.41) is 3.91. The largest absolute Gasteiger partial charge is 0.488 e. The van der Waals surface area contributed by atoms with E-state index in [4.69, 9.17) is 16.3 Å². The highest BCUT2D eigenvalue weighted by molar-refractivity contribution is 7.91. The molecule has 118 valence electrons. The van der Waals surface area contributed by atoms with E-state index in [9.17, 15) is 8.42 Å². The lowest BCUT2D eigenvalue weighted by Gasteiger charge is -2.26. The van der Waals surface area contributed by atoms with E-state index in [2.05, 4.69) is 5.32 Å². The summed E-state index contributed by atoms with van der Waals surface area (Å²) in [4.78, 5) is 0. The maximum Gasteiger partial charge on any atom is 0.151 e. The zero-order chi connectivity index (χ0) is 15.3. The van der Waals surface area contributed by atoms with Gasteiger partial charge >= 0.3 is 0 Å². The summed E-state index contributed by atoms with van der Waals surface area (Å²) in [5.41, 5.74) is 0. The highest BCUT2D eigenvalue weighted by Gasteiger charge is 2.25. The Balaban J connectivity index is 1.87. The summed E-state index contributed by atoms with van der Waals surface area (Å²) in [6, 6.07) is 7.42. The topological polar surface area (TPSA) is 55.4 Å². The summed E-state index contributed by atoms with van der Waals surface area (Å²) < 4.78 is 29.1. The second kappa shape index (κ2) is 7.47. The minimum absolute atomic E-state index is 0.0190. The first-order chi connectivity index (χ1) is 10.00. The normalized spacial score (nSPS) is 22.7. The zero-order valence-corrected chi connectivity index (χ0v) is 13.8. The number of ether oxygens (including phenoxy) is 1. The third-order valence-corrected chi connectivity index (χ3v) is 5.82. The summed E-state index contributed by atoms with van der Waals surface area (Å²) in [7, 11) is -2.88. The van der Waals surface area contributed by atoms with E-state index in [1.54, 1.807) is 6.07 Å². The lowest BCUT2D eigenvalue weighted by molar-refractivity contribution is 0.188. The minimum Gasteiger partial charge on any atom is -0.488 e. The molecule has 1 aliphatic rings. The van der Waals surface area contributed by atoms with Gasteiger partial charge in [-0.2, -0.15) is 0 Å². The first kappa shape index (κ1) is 16.6. The highest BCUT2D eigenvalue weighted by Crippen LogP contribution is 2.24. The molecule has 0 bridgehead atoms. The molecule has 0 unspecified atom stereocenters. The number of nitrogens with one attached hydrogen (secondary N) is 1. The van der Waals surface area contributed by atoms with Gasteiger partial charge in [0.05, 0.1) is 16.5 Å². The molecule has 0 spiro atoms. The van der Waals surface area contributed by atoms with Gasteiger partial charge in [0.2, 0.25) is 0 Å². The Hall–Kier alpha value is -0.780. The quantitative estimate of drug-likeness (QED) is 0.870. The lowest BCUT2D eigenvalue weighted by Crippen LogP contribution is -2.44. The van der Waals surface area contributed by atoms with Crippen molar-refractivity contribution < 1.29 is 13.2 Å². The smallest absolute Gasteiger partial charge is 0.151 e. The van der Waals surface area contributed by atoms with Gasteiger partial charge in [0.25, 0.3) is 0 Å². The molecule has 0 amide bonds. The average Bonchev–Trinajstić information content (AvgIpc) is 2.44. The Morgan fingerprint density at radius 3 is 2.86 bits per heavy atom. The van der Waals surface area contributed by atoms with Crippen LogP contribution in [-0.2, 0) is 9.84 Å². The van der Waals surface area contributed by atoms with Crippen LogP contribution in [0.1, 0.15) is 26.2 Å². The van der Waals surface area contributed by atoms with Gasteiger partial charge < -0.3 is 10.1 Å². The summed E-state index contributed by atoms with van der Waals surface area (Å²) in [6.07, 6.45) is 2.45. The van der Waals surface area contributed by atoms with Gasteiger partial charge in [-0.3, -0.25) is 0 Å². The number of rotatable bonds is 6. The molecule has 1 aliphatic heterocycles. The fraction of sp³-hybridized carbons (Fsp3) is 0.600. The van der Waals surface area contributed by atoms with Crippen LogP contribution in [0.15, 0.2) is 24.3 Å². The first-order valence-corrected chi connectivity index (χ1v) is 9.55. The molecule has 1 aromatic rings. The average molecular weight is 332 g/mol. The fourth-order valence-corrected chi connectivity index (χ4v) is 4.32. The molecule has 2 rings (SSSR count). The number of sulfone groups is 1. The van der Waals surface area contributed by atoms with Crippen LogP contribution >= 0.6 is 11.6 Å². The molecule has 1 fully saturated rings. The second-order valence-corrected chi connectivity index (χ2v) is 8.08. The highest BCUT2D eigenvalue weighted by atomic mass is 35.5. The van der Waals surface area contributed by atoms with Gasteiger partial charge in [0, 0.05) is 12.6 Å². The third kappa shape index (κ3) is 5.16. The predicted octanol–water partition coefficient (Wildman–Crippen LogP) is 2.66. The Labute approximate surface area is 131 Å². The zero-order valence-electron chi connectivity index (χ0n) is 12.2. The standard InChI is InChI=1S/C15H22ClNO3S/c1-2-13(20-15-8-4-3-7-14(15)16)10-17-12-6-5-9-21(18,19)11-12/h3-4,7-8,12-13,17H,2,5-6,9-11H2,1H3/t12-,13+/m1/s1. The van der Waals surface area contributed by atoms with Gasteiger partial charge in [0.15, 0.2) is 9.84 Å². The van der Waals surface area contributed by atoms with Crippen molar-refractivity contribution in [2.45, 2.75) is 38.3 Å². The Morgan fingerprint density at radius 1 is 1.43 bits per heavy atom. The van der Waals surface area contributed by atoms with E-state index in [-0.39, 0.29) is 17.9 Å². The molecular formula is C15H22ClNO3S. The molecule has 21 heavy (non-hydrogen) atoms. The van der Waals surface area contributed by atoms with Crippen molar-refractivity contribution in [1.82, 2.24) is 5.32 Å². The van der Waals surface area contributed by atoms with Crippen LogP contribution in [0.5, 0.6) is 5.75 Å². The van der Waals surface area contributed by atoms with Crippen molar-refractivity contribution in [2.75, 3.05) is 18.1 Å². The molecule has 6 heteroatoms. The van der Waals surface area contributed by atoms with Crippen LogP contribution in [0.2, 0.25) is 5.02 Å². The third-order valence-electron chi connectivity index (χ3n) is 3.68. The van der Waals surface area contributed by atoms with Crippen molar-refractivity contribution in [2.24, 2.45) is 0 Å². The van der Waals surface area contributed by atoms with E-state index in [1.807, 2.05) is 25.1 Å². The van der Waals surface area contributed by atoms with Crippen molar-refractivity contribution in [3.05, 3.63) is 29.3 Å². The van der Waals surface area contributed by atoms with Crippen LogP contribution in [0, 0.1) is 0 Å². The van der Waals surface area contributed by atoms with Gasteiger partial charge in [-0.1, -0.05) is 30.7 Å². The van der Waals surface area contributed by atoms with Crippen LogP contribution < -0.4 is 10.1 Å². The van der Waals surface area contributed by atoms with Gasteiger partial charge in [-0.25, -0.2) is 8.42 Å². The number of para-hydroxylation sites is 1. The van der Waals surface area contributed by atoms with E-state index in [0.29, 0.717) is 23.1 Å². The first-order valence-electron chi connectivity index (χ1n) is 7.35. The number of halogens is 1. The second-order valence-electron chi connectivity index (χ2n) is 5.44. The van der Waals surface area contributed by atoms with Crippen LogP contribution in [0.3, 0.4) is 0 Å². The van der Waals surface area contributed by atoms with Gasteiger partial charge in [-0.15, -0.1) is 0 Å². The van der Waals surface area contributed by atoms with E-state index in [0.717, 1.165) is 19.3 Å². The van der Waals surface area contributed by atoms with Crippen molar-refractivity contribution in [3.8, 4) is 5.75 Å². The van der Waals surface area contributed by atoms with Gasteiger partial charge in [-0.05, 0) is 31.4 Å². The summed E-state index contributed by atoms with van der Waals surface area (Å²) in [5.74, 6) is 1.22. The SMILES string of the molecule is CC[C@@H](CN[C@@H]1CCCS(=O)(=O)C1)Oc1ccccc1Cl. The predicted molar refractivity (Wildman–Crippen MR) is 85.8 cm³/mol. The van der Waals surface area contributed by atoms with Crippen molar-refractivity contribution in [3.63, 3.8) is 0 Å². The molecule has 0 saturated carbocycles. The molecule has 1 heterocycles. The maximum absolute atomic E-state index is 11.6. The van der Waals surface area contributed by atoms with E-state index in [1.165, 1.54) is 0 Å². The Bertz CT molecular complexity index is 562. The molecule has 1 saturated heterocycles. The lowest BCUT2D eigenvalue weighted by atomic mass is 10.1. The fourth-order valence-electron chi connectivity index (χ4n) is 2.47. The molecular weight excluding hydrogens is 310 g/mol. The molecule has 1 aromatic carbocycles. The molecule has 0 radical (unpaired) electrons. The number of benzene rings is 1. The minimum atomic E-state index is -2.88. The molecule has 1 N–H and O–H groups in total. The molecule has 0 aliphatic carbocycles. The van der Waals surface area contributed by atoms with Crippen molar-refractivity contribution >= 4 is 21.4 Å². The van der Waals surface area contributed by atoms with Crippen LogP contribution in [-0.4, -0.2) is 38.6 Å².